The highest BCUT2D eigenvalue weighted by Gasteiger charge is 2.04. The van der Waals surface area contributed by atoms with Gasteiger partial charge in [0.05, 0.1) is 0 Å². The minimum Gasteiger partial charge on any atom is -0.337 e. The van der Waals surface area contributed by atoms with Crippen molar-refractivity contribution in [2.45, 2.75) is 11.8 Å². The lowest BCUT2D eigenvalue weighted by atomic mass is 10.2. The fourth-order valence-corrected chi connectivity index (χ4v) is 2.57. The fourth-order valence-electron chi connectivity index (χ4n) is 1.78. The lowest BCUT2D eigenvalue weighted by Gasteiger charge is -2.09. The molecule has 2 N–H and O–H groups in total. The third-order valence-corrected chi connectivity index (χ3v) is 3.85. The van der Waals surface area contributed by atoms with Gasteiger partial charge in [0.15, 0.2) is 0 Å². The Kier molecular flexibility index (Phi) is 5.63. The van der Waals surface area contributed by atoms with Crippen molar-refractivity contribution in [1.82, 2.24) is 5.32 Å². The molecule has 3 nitrogen and oxygen atoms in total. The molecule has 5 heteroatoms. The Balaban J connectivity index is 1.72. The number of urea groups is 1. The quantitative estimate of drug-likeness (QED) is 0.646. The van der Waals surface area contributed by atoms with Crippen molar-refractivity contribution in [3.05, 3.63) is 59.9 Å². The van der Waals surface area contributed by atoms with Crippen molar-refractivity contribution in [3.8, 4) is 0 Å². The Morgan fingerprint density at radius 3 is 2.67 bits per heavy atom. The average Bonchev–Trinajstić information content (AvgIpc) is 2.48. The van der Waals surface area contributed by atoms with Crippen molar-refractivity contribution >= 4 is 23.5 Å². The molecule has 2 aromatic rings. The third kappa shape index (κ3) is 5.11. The minimum atomic E-state index is -0.308. The highest BCUT2D eigenvalue weighted by atomic mass is 32.2. The number of amides is 2. The van der Waals surface area contributed by atoms with E-state index in [4.69, 9.17) is 0 Å². The monoisotopic (exact) mass is 304 g/mol. The van der Waals surface area contributed by atoms with Crippen LogP contribution < -0.4 is 10.6 Å². The summed E-state index contributed by atoms with van der Waals surface area (Å²) in [6.07, 6.45) is 0. The Hall–Kier alpha value is -2.01. The number of hydrogen-bond donors (Lipinski definition) is 2. The molecule has 110 valence electrons. The second-order valence-electron chi connectivity index (χ2n) is 4.50. The standard InChI is InChI=1S/C16H17FN2OS/c1-12-11-13(17)7-8-15(12)19-16(20)18-9-10-21-14-5-3-2-4-6-14/h2-8,11H,9-10H2,1H3,(H2,18,19,20). The Morgan fingerprint density at radius 2 is 1.95 bits per heavy atom. The summed E-state index contributed by atoms with van der Waals surface area (Å²) in [7, 11) is 0. The zero-order chi connectivity index (χ0) is 15.1. The highest BCUT2D eigenvalue weighted by molar-refractivity contribution is 7.99. The van der Waals surface area contributed by atoms with Gasteiger partial charge < -0.3 is 10.6 Å². The second kappa shape index (κ2) is 7.69. The summed E-state index contributed by atoms with van der Waals surface area (Å²) in [6.45, 7) is 2.32. The molecule has 0 saturated carbocycles. The van der Waals surface area contributed by atoms with E-state index in [-0.39, 0.29) is 11.8 Å². The molecule has 2 rings (SSSR count). The van der Waals surface area contributed by atoms with Crippen LogP contribution in [0.4, 0.5) is 14.9 Å². The number of anilines is 1. The van der Waals surface area contributed by atoms with Gasteiger partial charge in [0.1, 0.15) is 5.82 Å². The number of hydrogen-bond acceptors (Lipinski definition) is 2. The predicted molar refractivity (Wildman–Crippen MR) is 85.3 cm³/mol. The van der Waals surface area contributed by atoms with Gasteiger partial charge in [0, 0.05) is 22.9 Å². The van der Waals surface area contributed by atoms with Crippen molar-refractivity contribution in [2.24, 2.45) is 0 Å². The van der Waals surface area contributed by atoms with Crippen LogP contribution in [-0.2, 0) is 0 Å². The van der Waals surface area contributed by atoms with E-state index in [0.29, 0.717) is 17.8 Å². The van der Waals surface area contributed by atoms with E-state index in [1.54, 1.807) is 24.8 Å². The molecule has 0 aliphatic rings. The molecule has 0 atom stereocenters. The SMILES string of the molecule is Cc1cc(F)ccc1NC(=O)NCCSc1ccccc1. The Labute approximate surface area is 127 Å². The van der Waals surface area contributed by atoms with E-state index in [2.05, 4.69) is 10.6 Å². The van der Waals surface area contributed by atoms with Crippen molar-refractivity contribution in [1.29, 1.82) is 0 Å². The number of benzene rings is 2. The maximum atomic E-state index is 13.0. The summed E-state index contributed by atoms with van der Waals surface area (Å²) in [5.41, 5.74) is 1.31. The van der Waals surface area contributed by atoms with Gasteiger partial charge in [-0.25, -0.2) is 9.18 Å². The predicted octanol–water partition coefficient (Wildman–Crippen LogP) is 4.05. The molecular formula is C16H17FN2OS. The number of carbonyl (C=O) groups excluding carboxylic acids is 1. The molecule has 2 amide bonds. The first-order valence-corrected chi connectivity index (χ1v) is 7.62. The summed E-state index contributed by atoms with van der Waals surface area (Å²) in [5, 5.41) is 5.49. The van der Waals surface area contributed by atoms with E-state index in [0.717, 1.165) is 5.75 Å². The number of rotatable bonds is 5. The number of aryl methyl sites for hydroxylation is 1. The third-order valence-electron chi connectivity index (χ3n) is 2.84. The highest BCUT2D eigenvalue weighted by Crippen LogP contribution is 2.16. The summed E-state index contributed by atoms with van der Waals surface area (Å²) in [5.74, 6) is 0.484. The molecule has 0 aliphatic carbocycles. The molecule has 2 aromatic carbocycles. The lowest BCUT2D eigenvalue weighted by molar-refractivity contribution is 0.252. The van der Waals surface area contributed by atoms with Crippen molar-refractivity contribution in [2.75, 3.05) is 17.6 Å². The maximum Gasteiger partial charge on any atom is 0.319 e. The van der Waals surface area contributed by atoms with Gasteiger partial charge in [0.25, 0.3) is 0 Å². The van der Waals surface area contributed by atoms with Crippen LogP contribution in [0.3, 0.4) is 0 Å². The van der Waals surface area contributed by atoms with E-state index >= 15 is 0 Å². The molecule has 0 heterocycles. The van der Waals surface area contributed by atoms with E-state index < -0.39 is 0 Å². The Bertz CT molecular complexity index is 604. The van der Waals surface area contributed by atoms with Crippen LogP contribution in [0, 0.1) is 12.7 Å². The van der Waals surface area contributed by atoms with Gasteiger partial charge in [-0.2, -0.15) is 0 Å². The van der Waals surface area contributed by atoms with Crippen LogP contribution >= 0.6 is 11.8 Å². The van der Waals surface area contributed by atoms with E-state index in [9.17, 15) is 9.18 Å². The van der Waals surface area contributed by atoms with Gasteiger partial charge in [-0.1, -0.05) is 18.2 Å². The number of thioether (sulfide) groups is 1. The van der Waals surface area contributed by atoms with Crippen LogP contribution in [0.5, 0.6) is 0 Å². The minimum absolute atomic E-state index is 0.279. The van der Waals surface area contributed by atoms with Gasteiger partial charge >= 0.3 is 6.03 Å². The van der Waals surface area contributed by atoms with Crippen LogP contribution in [0.1, 0.15) is 5.56 Å². The summed E-state index contributed by atoms with van der Waals surface area (Å²) >= 11 is 1.68. The van der Waals surface area contributed by atoms with E-state index in [1.165, 1.54) is 17.0 Å². The topological polar surface area (TPSA) is 41.1 Å². The maximum absolute atomic E-state index is 13.0. The summed E-state index contributed by atoms with van der Waals surface area (Å²) in [6, 6.07) is 14.0. The molecule has 0 saturated heterocycles. The fraction of sp³-hybridized carbons (Fsp3) is 0.188. The largest absolute Gasteiger partial charge is 0.337 e. The number of carbonyl (C=O) groups is 1. The first-order valence-electron chi connectivity index (χ1n) is 6.64. The average molecular weight is 304 g/mol. The van der Waals surface area contributed by atoms with Crippen LogP contribution in [-0.4, -0.2) is 18.3 Å². The zero-order valence-corrected chi connectivity index (χ0v) is 12.5. The first-order chi connectivity index (χ1) is 10.1. The Morgan fingerprint density at radius 1 is 1.19 bits per heavy atom. The molecule has 21 heavy (non-hydrogen) atoms. The molecule has 0 fully saturated rings. The van der Waals surface area contributed by atoms with Gasteiger partial charge in [-0.3, -0.25) is 0 Å². The van der Waals surface area contributed by atoms with Gasteiger partial charge in [-0.15, -0.1) is 11.8 Å². The van der Waals surface area contributed by atoms with E-state index in [1.807, 2.05) is 30.3 Å². The van der Waals surface area contributed by atoms with Crippen LogP contribution in [0.25, 0.3) is 0 Å². The molecule has 0 aliphatic heterocycles. The van der Waals surface area contributed by atoms with Crippen LogP contribution in [0.2, 0.25) is 0 Å². The first kappa shape index (κ1) is 15.4. The molecule has 0 spiro atoms. The molecular weight excluding hydrogens is 287 g/mol. The van der Waals surface area contributed by atoms with Gasteiger partial charge in [0.2, 0.25) is 0 Å². The van der Waals surface area contributed by atoms with Crippen LogP contribution in [0.15, 0.2) is 53.4 Å². The van der Waals surface area contributed by atoms with Gasteiger partial charge in [-0.05, 0) is 42.8 Å². The molecule has 0 unspecified atom stereocenters. The van der Waals surface area contributed by atoms with Crippen molar-refractivity contribution in [3.63, 3.8) is 0 Å². The number of halogens is 1. The summed E-state index contributed by atoms with van der Waals surface area (Å²) in [4.78, 5) is 12.9. The lowest BCUT2D eigenvalue weighted by Crippen LogP contribution is -2.30. The summed E-state index contributed by atoms with van der Waals surface area (Å²) < 4.78 is 13.0. The normalized spacial score (nSPS) is 10.2. The zero-order valence-electron chi connectivity index (χ0n) is 11.7. The molecule has 0 radical (unpaired) electrons. The second-order valence-corrected chi connectivity index (χ2v) is 5.67. The number of nitrogens with one attached hydrogen (secondary N) is 2. The molecule has 0 aromatic heterocycles. The van der Waals surface area contributed by atoms with Crippen molar-refractivity contribution < 1.29 is 9.18 Å². The smallest absolute Gasteiger partial charge is 0.319 e. The molecule has 0 bridgehead atoms.